The van der Waals surface area contributed by atoms with Crippen LogP contribution in [-0.2, 0) is 6.54 Å². The van der Waals surface area contributed by atoms with Crippen LogP contribution < -0.4 is 14.8 Å². The molecular weight excluding hydrogens is 264 g/mol. The summed E-state index contributed by atoms with van der Waals surface area (Å²) in [6.07, 6.45) is 1.83. The van der Waals surface area contributed by atoms with Gasteiger partial charge in [0, 0.05) is 30.4 Å². The van der Waals surface area contributed by atoms with Gasteiger partial charge in [0.15, 0.2) is 0 Å². The fraction of sp³-hybridized carbons (Fsp3) is 0.353. The van der Waals surface area contributed by atoms with Crippen LogP contribution in [-0.4, -0.2) is 25.2 Å². The summed E-state index contributed by atoms with van der Waals surface area (Å²) in [5, 5.41) is 3.45. The van der Waals surface area contributed by atoms with Gasteiger partial charge in [0.05, 0.1) is 14.2 Å². The molecule has 112 valence electrons. The molecule has 2 aromatic rings. The number of rotatable bonds is 6. The van der Waals surface area contributed by atoms with Crippen LogP contribution in [0.1, 0.15) is 19.4 Å². The third-order valence-electron chi connectivity index (χ3n) is 3.27. The van der Waals surface area contributed by atoms with Crippen molar-refractivity contribution < 1.29 is 9.47 Å². The highest BCUT2D eigenvalue weighted by Crippen LogP contribution is 2.28. The van der Waals surface area contributed by atoms with Crippen LogP contribution in [0.2, 0.25) is 0 Å². The Morgan fingerprint density at radius 2 is 1.90 bits per heavy atom. The van der Waals surface area contributed by atoms with Gasteiger partial charge in [0.1, 0.15) is 5.75 Å². The average Bonchev–Trinajstić information content (AvgIpc) is 2.52. The second-order valence-electron chi connectivity index (χ2n) is 5.15. The van der Waals surface area contributed by atoms with Gasteiger partial charge in [-0.1, -0.05) is 19.9 Å². The highest BCUT2D eigenvalue weighted by atomic mass is 16.5. The van der Waals surface area contributed by atoms with E-state index in [1.54, 1.807) is 14.2 Å². The lowest BCUT2D eigenvalue weighted by Gasteiger charge is -2.14. The lowest BCUT2D eigenvalue weighted by Crippen LogP contribution is -2.22. The molecule has 0 aliphatic rings. The Morgan fingerprint density at radius 3 is 2.48 bits per heavy atom. The van der Waals surface area contributed by atoms with E-state index in [4.69, 9.17) is 9.47 Å². The molecule has 0 fully saturated rings. The first-order valence-electron chi connectivity index (χ1n) is 7.04. The van der Waals surface area contributed by atoms with Crippen LogP contribution >= 0.6 is 0 Å². The highest BCUT2D eigenvalue weighted by Gasteiger charge is 2.08. The van der Waals surface area contributed by atoms with Gasteiger partial charge >= 0.3 is 0 Å². The summed E-state index contributed by atoms with van der Waals surface area (Å²) in [6, 6.07) is 10.4. The van der Waals surface area contributed by atoms with Gasteiger partial charge in [-0.2, -0.15) is 0 Å². The smallest absolute Gasteiger partial charge is 0.212 e. The highest BCUT2D eigenvalue weighted by molar-refractivity contribution is 5.68. The molecule has 21 heavy (non-hydrogen) atoms. The molecule has 0 unspecified atom stereocenters. The van der Waals surface area contributed by atoms with E-state index in [2.05, 4.69) is 36.3 Å². The quantitative estimate of drug-likeness (QED) is 0.885. The Balaban J connectivity index is 2.35. The van der Waals surface area contributed by atoms with E-state index in [0.717, 1.165) is 23.4 Å². The van der Waals surface area contributed by atoms with E-state index in [0.29, 0.717) is 11.9 Å². The van der Waals surface area contributed by atoms with E-state index >= 15 is 0 Å². The summed E-state index contributed by atoms with van der Waals surface area (Å²) >= 11 is 0. The van der Waals surface area contributed by atoms with Gasteiger partial charge < -0.3 is 14.8 Å². The Hall–Kier alpha value is -2.07. The first kappa shape index (κ1) is 15.3. The van der Waals surface area contributed by atoms with Gasteiger partial charge in [-0.3, -0.25) is 0 Å². The molecule has 1 N–H and O–H groups in total. The van der Waals surface area contributed by atoms with Crippen LogP contribution in [0.25, 0.3) is 11.1 Å². The summed E-state index contributed by atoms with van der Waals surface area (Å²) < 4.78 is 10.4. The van der Waals surface area contributed by atoms with Gasteiger partial charge in [-0.15, -0.1) is 0 Å². The Labute approximate surface area is 126 Å². The molecule has 0 aliphatic carbocycles. The SMILES string of the molecule is COc1ccc(-c2ccc(OC)nc2)c(CNC(C)C)c1. The van der Waals surface area contributed by atoms with E-state index in [1.165, 1.54) is 5.56 Å². The van der Waals surface area contributed by atoms with Gasteiger partial charge in [0.2, 0.25) is 5.88 Å². The van der Waals surface area contributed by atoms with Crippen molar-refractivity contribution in [3.8, 4) is 22.8 Å². The third-order valence-corrected chi connectivity index (χ3v) is 3.27. The number of aromatic nitrogens is 1. The molecule has 0 saturated heterocycles. The van der Waals surface area contributed by atoms with Crippen molar-refractivity contribution in [2.24, 2.45) is 0 Å². The lowest BCUT2D eigenvalue weighted by molar-refractivity contribution is 0.398. The van der Waals surface area contributed by atoms with Crippen molar-refractivity contribution in [2.75, 3.05) is 14.2 Å². The largest absolute Gasteiger partial charge is 0.497 e. The van der Waals surface area contributed by atoms with Crippen LogP contribution in [0.3, 0.4) is 0 Å². The molecular formula is C17H22N2O2. The molecule has 0 amide bonds. The molecule has 1 aromatic heterocycles. The fourth-order valence-electron chi connectivity index (χ4n) is 2.10. The number of benzene rings is 1. The number of hydrogen-bond acceptors (Lipinski definition) is 4. The standard InChI is InChI=1S/C17H22N2O2/c1-12(2)18-11-14-9-15(20-3)6-7-16(14)13-5-8-17(21-4)19-10-13/h5-10,12,18H,11H2,1-4H3. The van der Waals surface area contributed by atoms with Gasteiger partial charge in [-0.25, -0.2) is 4.98 Å². The van der Waals surface area contributed by atoms with E-state index in [-0.39, 0.29) is 0 Å². The Kier molecular flexibility index (Phi) is 5.17. The topological polar surface area (TPSA) is 43.4 Å². The molecule has 1 heterocycles. The Bertz CT molecular complexity index is 580. The minimum absolute atomic E-state index is 0.429. The van der Waals surface area contributed by atoms with Crippen LogP contribution in [0, 0.1) is 0 Å². The van der Waals surface area contributed by atoms with Crippen molar-refractivity contribution in [1.82, 2.24) is 10.3 Å². The second-order valence-corrected chi connectivity index (χ2v) is 5.15. The lowest BCUT2D eigenvalue weighted by atomic mass is 10.0. The maximum absolute atomic E-state index is 5.33. The zero-order valence-corrected chi connectivity index (χ0v) is 13.0. The molecule has 0 spiro atoms. The minimum Gasteiger partial charge on any atom is -0.497 e. The van der Waals surface area contributed by atoms with Crippen molar-refractivity contribution in [3.05, 3.63) is 42.1 Å². The summed E-state index contributed by atoms with van der Waals surface area (Å²) in [5.74, 6) is 1.48. The number of nitrogens with zero attached hydrogens (tertiary/aromatic N) is 1. The molecule has 4 heteroatoms. The molecule has 0 saturated carbocycles. The van der Waals surface area contributed by atoms with Gasteiger partial charge in [0.25, 0.3) is 0 Å². The molecule has 0 bridgehead atoms. The predicted octanol–water partition coefficient (Wildman–Crippen LogP) is 3.26. The summed E-state index contributed by atoms with van der Waals surface area (Å²) in [7, 11) is 3.30. The van der Waals surface area contributed by atoms with Crippen molar-refractivity contribution >= 4 is 0 Å². The molecule has 4 nitrogen and oxygen atoms in total. The van der Waals surface area contributed by atoms with Crippen molar-refractivity contribution in [3.63, 3.8) is 0 Å². The maximum Gasteiger partial charge on any atom is 0.212 e. The monoisotopic (exact) mass is 286 g/mol. The van der Waals surface area contributed by atoms with Crippen molar-refractivity contribution in [2.45, 2.75) is 26.4 Å². The zero-order valence-electron chi connectivity index (χ0n) is 13.0. The van der Waals surface area contributed by atoms with Crippen molar-refractivity contribution in [1.29, 1.82) is 0 Å². The van der Waals surface area contributed by atoms with E-state index < -0.39 is 0 Å². The van der Waals surface area contributed by atoms with E-state index in [1.807, 2.05) is 24.4 Å². The molecule has 0 atom stereocenters. The van der Waals surface area contributed by atoms with Gasteiger partial charge in [-0.05, 0) is 29.3 Å². The fourth-order valence-corrected chi connectivity index (χ4v) is 2.10. The summed E-state index contributed by atoms with van der Waals surface area (Å²) in [5.41, 5.74) is 3.41. The van der Waals surface area contributed by atoms with Crippen LogP contribution in [0.5, 0.6) is 11.6 Å². The van der Waals surface area contributed by atoms with Crippen LogP contribution in [0.15, 0.2) is 36.5 Å². The zero-order chi connectivity index (χ0) is 15.2. The minimum atomic E-state index is 0.429. The molecule has 0 aliphatic heterocycles. The van der Waals surface area contributed by atoms with E-state index in [9.17, 15) is 0 Å². The Morgan fingerprint density at radius 1 is 1.10 bits per heavy atom. The number of pyridine rings is 1. The molecule has 0 radical (unpaired) electrons. The molecule has 1 aromatic carbocycles. The third kappa shape index (κ3) is 3.95. The number of hydrogen-bond donors (Lipinski definition) is 1. The summed E-state index contributed by atoms with van der Waals surface area (Å²) in [4.78, 5) is 4.28. The van der Waals surface area contributed by atoms with Crippen LogP contribution in [0.4, 0.5) is 0 Å². The second kappa shape index (κ2) is 7.09. The first-order valence-corrected chi connectivity index (χ1v) is 7.04. The first-order chi connectivity index (χ1) is 10.1. The average molecular weight is 286 g/mol. The summed E-state index contributed by atoms with van der Waals surface area (Å²) in [6.45, 7) is 5.06. The predicted molar refractivity (Wildman–Crippen MR) is 84.8 cm³/mol. The number of ether oxygens (including phenoxy) is 2. The number of methoxy groups -OCH3 is 2. The maximum atomic E-state index is 5.33. The number of nitrogens with one attached hydrogen (secondary N) is 1. The molecule has 2 rings (SSSR count). The normalized spacial score (nSPS) is 10.7.